The van der Waals surface area contributed by atoms with Crippen LogP contribution in [-0.2, 0) is 0 Å². The first-order chi connectivity index (χ1) is 10.6. The Labute approximate surface area is 153 Å². The molecule has 3 N–H and O–H groups in total. The van der Waals surface area contributed by atoms with E-state index in [-0.39, 0.29) is 36.5 Å². The number of nitrogens with one attached hydrogen (secondary N) is 2. The van der Waals surface area contributed by atoms with Crippen LogP contribution in [0.25, 0.3) is 11.0 Å². The number of fused-ring (bicyclic) bond motifs is 1. The summed E-state index contributed by atoms with van der Waals surface area (Å²) in [6.07, 6.45) is 0. The van der Waals surface area contributed by atoms with E-state index in [1.807, 2.05) is 0 Å². The Kier molecular flexibility index (Phi) is 5.05. The smallest absolute Gasteiger partial charge is 1.00 e. The average molecular weight is 321 g/mol. The molecule has 0 unspecified atom stereocenters. The molecule has 0 spiro atoms. The molecule has 1 heterocycles. The summed E-state index contributed by atoms with van der Waals surface area (Å²) in [5, 5.41) is 11.5. The number of hydrogen-bond acceptors (Lipinski definition) is 3. The van der Waals surface area contributed by atoms with Gasteiger partial charge >= 0.3 is 47.2 Å². The van der Waals surface area contributed by atoms with Gasteiger partial charge in [0, 0.05) is 5.69 Å². The minimum atomic E-state index is -1.10. The molecule has 0 bridgehead atoms. The van der Waals surface area contributed by atoms with Gasteiger partial charge in [-0.2, -0.15) is 0 Å². The molecule has 1 amide bonds. The number of nitrogens with zero attached hydrogens (tertiary/aromatic N) is 1. The molecule has 0 aliphatic heterocycles. The predicted octanol–water partition coefficient (Wildman–Crippen LogP) is -0.775. The predicted molar refractivity (Wildman–Crippen MR) is 81.5 cm³/mol. The number of para-hydroxylation sites is 2. The van der Waals surface area contributed by atoms with Crippen molar-refractivity contribution >= 4 is 28.7 Å². The second-order valence-corrected chi connectivity index (χ2v) is 4.60. The van der Waals surface area contributed by atoms with Crippen LogP contribution in [0.15, 0.2) is 53.3 Å². The van der Waals surface area contributed by atoms with Crippen LogP contribution in [0.4, 0.5) is 10.5 Å². The first kappa shape index (κ1) is 17.0. The van der Waals surface area contributed by atoms with E-state index in [2.05, 4.69) is 10.3 Å². The van der Waals surface area contributed by atoms with Crippen molar-refractivity contribution in [3.05, 3.63) is 64.6 Å². The summed E-state index contributed by atoms with van der Waals surface area (Å²) in [5.74, 6) is -1.10. The van der Waals surface area contributed by atoms with E-state index < -0.39 is 17.7 Å². The van der Waals surface area contributed by atoms with Gasteiger partial charge in [-0.05, 0) is 30.3 Å². The maximum Gasteiger partial charge on any atom is 1.00 e. The fraction of sp³-hybridized carbons (Fsp3) is 0. The zero-order chi connectivity index (χ0) is 15.7. The van der Waals surface area contributed by atoms with E-state index in [0.29, 0.717) is 16.7 Å². The number of carbonyl (C=O) groups excluding carboxylic acids is 1. The Balaban J connectivity index is 0.00000144. The Morgan fingerprint density at radius 3 is 2.61 bits per heavy atom. The van der Waals surface area contributed by atoms with Gasteiger partial charge in [-0.3, -0.25) is 0 Å². The molecule has 23 heavy (non-hydrogen) atoms. The number of aromatic nitrogens is 2. The van der Waals surface area contributed by atoms with E-state index in [1.54, 1.807) is 30.3 Å². The Hall–Kier alpha value is -2.35. The SMILES string of the molecule is O=C(O)c1cccc(NC(=O)n2c(=O)[nH]c3ccccc32)c1.[H-].[Na+]. The van der Waals surface area contributed by atoms with Crippen molar-refractivity contribution in [3.63, 3.8) is 0 Å². The molecular formula is C15H12N3NaO4. The van der Waals surface area contributed by atoms with Gasteiger partial charge in [-0.25, -0.2) is 19.0 Å². The van der Waals surface area contributed by atoms with Crippen molar-refractivity contribution < 1.29 is 45.7 Å². The number of carbonyl (C=O) groups is 2. The number of anilines is 1. The van der Waals surface area contributed by atoms with Crippen LogP contribution in [0.2, 0.25) is 0 Å². The van der Waals surface area contributed by atoms with Crippen LogP contribution in [0, 0.1) is 0 Å². The number of rotatable bonds is 2. The van der Waals surface area contributed by atoms with Gasteiger partial charge < -0.3 is 16.8 Å². The first-order valence-corrected chi connectivity index (χ1v) is 6.41. The van der Waals surface area contributed by atoms with Crippen LogP contribution >= 0.6 is 0 Å². The molecule has 7 nitrogen and oxygen atoms in total. The van der Waals surface area contributed by atoms with Crippen molar-refractivity contribution in [1.29, 1.82) is 0 Å². The molecule has 3 aromatic rings. The van der Waals surface area contributed by atoms with Gasteiger partial charge in [0.15, 0.2) is 0 Å². The van der Waals surface area contributed by atoms with Crippen LogP contribution in [0.1, 0.15) is 11.8 Å². The minimum Gasteiger partial charge on any atom is -1.00 e. The zero-order valence-electron chi connectivity index (χ0n) is 13.2. The van der Waals surface area contributed by atoms with Crippen LogP contribution in [0.3, 0.4) is 0 Å². The third-order valence-electron chi connectivity index (χ3n) is 3.15. The van der Waals surface area contributed by atoms with Gasteiger partial charge in [-0.15, -0.1) is 0 Å². The Morgan fingerprint density at radius 1 is 1.13 bits per heavy atom. The molecule has 112 valence electrons. The molecule has 0 atom stereocenters. The Bertz CT molecular complexity index is 951. The monoisotopic (exact) mass is 321 g/mol. The summed E-state index contributed by atoms with van der Waals surface area (Å²) in [6, 6.07) is 11.9. The molecule has 0 fully saturated rings. The van der Waals surface area contributed by atoms with E-state index in [1.165, 1.54) is 18.2 Å². The van der Waals surface area contributed by atoms with Gasteiger partial charge in [0.05, 0.1) is 16.6 Å². The summed E-state index contributed by atoms with van der Waals surface area (Å²) in [5.41, 5.74) is 0.764. The van der Waals surface area contributed by atoms with Gasteiger partial charge in [0.1, 0.15) is 0 Å². The third-order valence-corrected chi connectivity index (χ3v) is 3.15. The van der Waals surface area contributed by atoms with Crippen LogP contribution < -0.4 is 40.6 Å². The minimum absolute atomic E-state index is 0. The van der Waals surface area contributed by atoms with Crippen molar-refractivity contribution in [2.75, 3.05) is 5.32 Å². The quantitative estimate of drug-likeness (QED) is 0.539. The number of carboxylic acid groups (broad SMARTS) is 1. The standard InChI is InChI=1S/C15H11N3O4.Na.H/c19-13(20)9-4-3-5-10(8-9)16-14(21)18-12-7-2-1-6-11(12)17-15(18)22;;/h1-8H,(H,16,21)(H,17,22)(H,19,20);;/q;+1;-1. The number of imidazole rings is 1. The topological polar surface area (TPSA) is 104 Å². The maximum absolute atomic E-state index is 12.3. The number of amides is 1. The van der Waals surface area contributed by atoms with Crippen LogP contribution in [0.5, 0.6) is 0 Å². The third kappa shape index (κ3) is 3.37. The van der Waals surface area contributed by atoms with Crippen molar-refractivity contribution in [3.8, 4) is 0 Å². The Morgan fingerprint density at radius 2 is 1.87 bits per heavy atom. The van der Waals surface area contributed by atoms with Crippen molar-refractivity contribution in [2.24, 2.45) is 0 Å². The number of carboxylic acids is 1. The number of aromatic amines is 1. The van der Waals surface area contributed by atoms with Gasteiger partial charge in [-0.1, -0.05) is 18.2 Å². The molecule has 0 aliphatic carbocycles. The summed E-state index contributed by atoms with van der Waals surface area (Å²) in [4.78, 5) is 37.7. The average Bonchev–Trinajstić information content (AvgIpc) is 2.83. The van der Waals surface area contributed by atoms with E-state index in [9.17, 15) is 14.4 Å². The number of aromatic carboxylic acids is 1. The fourth-order valence-corrected chi connectivity index (χ4v) is 2.17. The normalized spacial score (nSPS) is 10.1. The van der Waals surface area contributed by atoms with Gasteiger partial charge in [0.25, 0.3) is 0 Å². The second-order valence-electron chi connectivity index (χ2n) is 4.60. The van der Waals surface area contributed by atoms with E-state index >= 15 is 0 Å². The second kappa shape index (κ2) is 6.82. The summed E-state index contributed by atoms with van der Waals surface area (Å²) >= 11 is 0. The van der Waals surface area contributed by atoms with Crippen LogP contribution in [-0.4, -0.2) is 26.7 Å². The molecule has 0 aliphatic rings. The zero-order valence-corrected chi connectivity index (χ0v) is 14.2. The van der Waals surface area contributed by atoms with Gasteiger partial charge in [0.2, 0.25) is 0 Å². The largest absolute Gasteiger partial charge is 1.00 e. The fourth-order valence-electron chi connectivity index (χ4n) is 2.17. The van der Waals surface area contributed by atoms with Crippen molar-refractivity contribution in [1.82, 2.24) is 9.55 Å². The molecule has 1 aromatic heterocycles. The van der Waals surface area contributed by atoms with Crippen molar-refractivity contribution in [2.45, 2.75) is 0 Å². The molecule has 0 radical (unpaired) electrons. The summed E-state index contributed by atoms with van der Waals surface area (Å²) < 4.78 is 0.961. The first-order valence-electron chi connectivity index (χ1n) is 6.41. The molecule has 8 heteroatoms. The molecular weight excluding hydrogens is 309 g/mol. The summed E-state index contributed by atoms with van der Waals surface area (Å²) in [6.45, 7) is 0. The molecule has 3 rings (SSSR count). The number of hydrogen-bond donors (Lipinski definition) is 3. The van der Waals surface area contributed by atoms with E-state index in [0.717, 1.165) is 4.57 Å². The molecule has 0 saturated heterocycles. The number of H-pyrrole nitrogens is 1. The molecule has 2 aromatic carbocycles. The number of benzene rings is 2. The molecule has 0 saturated carbocycles. The van der Waals surface area contributed by atoms with E-state index in [4.69, 9.17) is 5.11 Å². The summed E-state index contributed by atoms with van der Waals surface area (Å²) in [7, 11) is 0. The maximum atomic E-state index is 12.3.